The molecule has 0 aliphatic heterocycles. The maximum atomic E-state index is 5.62. The molecule has 0 unspecified atom stereocenters. The first-order chi connectivity index (χ1) is 7.18. The average Bonchev–Trinajstić information content (AvgIpc) is 2.17. The van der Waals surface area contributed by atoms with Crippen LogP contribution in [0.4, 0.5) is 5.69 Å². The van der Waals surface area contributed by atoms with E-state index >= 15 is 0 Å². The Balaban J connectivity index is 2.51. The number of allylic oxidation sites excluding steroid dienone is 1. The lowest BCUT2D eigenvalue weighted by atomic mass is 10.2. The third-order valence-corrected chi connectivity index (χ3v) is 1.63. The van der Waals surface area contributed by atoms with Gasteiger partial charge in [-0.2, -0.15) is 5.10 Å². The molecular formula is C10H12N4S. The summed E-state index contributed by atoms with van der Waals surface area (Å²) in [6, 6.07) is 7.53. The third kappa shape index (κ3) is 4.78. The van der Waals surface area contributed by atoms with Crippen LogP contribution in [0.15, 0.2) is 35.4 Å². The molecule has 0 aromatic heterocycles. The summed E-state index contributed by atoms with van der Waals surface area (Å²) in [5.41, 5.74) is 15.0. The normalized spacial score (nSPS) is 10.9. The number of hydrogen-bond donors (Lipinski definition) is 3. The number of hydrogen-bond acceptors (Lipinski definition) is 3. The summed E-state index contributed by atoms with van der Waals surface area (Å²) in [5, 5.41) is 3.89. The number of nitrogens with one attached hydrogen (secondary N) is 1. The smallest absolute Gasteiger partial charge is 0.184 e. The fraction of sp³-hybridized carbons (Fsp3) is 0. The molecule has 4 nitrogen and oxygen atoms in total. The van der Waals surface area contributed by atoms with Crippen molar-refractivity contribution in [1.82, 2.24) is 5.43 Å². The van der Waals surface area contributed by atoms with E-state index in [2.05, 4.69) is 22.7 Å². The second-order valence-electron chi connectivity index (χ2n) is 2.78. The largest absolute Gasteiger partial charge is 0.399 e. The van der Waals surface area contributed by atoms with Gasteiger partial charge in [-0.15, -0.1) is 0 Å². The molecule has 0 bridgehead atoms. The molecule has 0 saturated carbocycles. The average molecular weight is 220 g/mol. The monoisotopic (exact) mass is 220 g/mol. The van der Waals surface area contributed by atoms with Gasteiger partial charge in [0.2, 0.25) is 0 Å². The van der Waals surface area contributed by atoms with Crippen molar-refractivity contribution in [3.05, 3.63) is 35.9 Å². The summed E-state index contributed by atoms with van der Waals surface area (Å²) >= 11 is 4.57. The van der Waals surface area contributed by atoms with Crippen molar-refractivity contribution in [2.45, 2.75) is 0 Å². The highest BCUT2D eigenvalue weighted by Gasteiger charge is 1.85. The topological polar surface area (TPSA) is 76.4 Å². The molecule has 5 N–H and O–H groups in total. The molecule has 1 aromatic carbocycles. The molecule has 0 aliphatic rings. The van der Waals surface area contributed by atoms with Crippen molar-refractivity contribution in [3.63, 3.8) is 0 Å². The Morgan fingerprint density at radius 2 is 2.27 bits per heavy atom. The molecule has 5 heteroatoms. The van der Waals surface area contributed by atoms with E-state index in [0.717, 1.165) is 11.3 Å². The van der Waals surface area contributed by atoms with Crippen molar-refractivity contribution in [3.8, 4) is 0 Å². The van der Waals surface area contributed by atoms with E-state index in [0.29, 0.717) is 0 Å². The van der Waals surface area contributed by atoms with Crippen LogP contribution in [-0.4, -0.2) is 11.3 Å². The Morgan fingerprint density at radius 3 is 2.93 bits per heavy atom. The van der Waals surface area contributed by atoms with E-state index in [1.807, 2.05) is 30.3 Å². The fourth-order valence-electron chi connectivity index (χ4n) is 0.961. The lowest BCUT2D eigenvalue weighted by molar-refractivity contribution is 1.04. The standard InChI is InChI=1S/C10H12N4S/c11-9-5-1-3-8(7-9)4-2-6-13-14-10(12)15/h1-7H,11H2,(H3,12,14,15). The number of benzene rings is 1. The second-order valence-corrected chi connectivity index (χ2v) is 3.22. The van der Waals surface area contributed by atoms with Gasteiger partial charge < -0.3 is 11.5 Å². The first kappa shape index (κ1) is 11.2. The highest BCUT2D eigenvalue weighted by atomic mass is 32.1. The molecule has 0 heterocycles. The predicted molar refractivity (Wildman–Crippen MR) is 68.3 cm³/mol. The van der Waals surface area contributed by atoms with Crippen LogP contribution in [0.25, 0.3) is 6.08 Å². The Labute approximate surface area is 93.7 Å². The maximum Gasteiger partial charge on any atom is 0.184 e. The van der Waals surface area contributed by atoms with Gasteiger partial charge >= 0.3 is 0 Å². The summed E-state index contributed by atoms with van der Waals surface area (Å²) in [7, 11) is 0. The Morgan fingerprint density at radius 1 is 1.47 bits per heavy atom. The van der Waals surface area contributed by atoms with Gasteiger partial charge in [-0.05, 0) is 36.0 Å². The van der Waals surface area contributed by atoms with Crippen molar-refractivity contribution in [1.29, 1.82) is 0 Å². The summed E-state index contributed by atoms with van der Waals surface area (Å²) in [4.78, 5) is 0. The highest BCUT2D eigenvalue weighted by Crippen LogP contribution is 2.07. The van der Waals surface area contributed by atoms with E-state index in [9.17, 15) is 0 Å². The van der Waals surface area contributed by atoms with Crippen LogP contribution in [0.1, 0.15) is 5.56 Å². The summed E-state index contributed by atoms with van der Waals surface area (Å²) in [6.45, 7) is 0. The second kappa shape index (κ2) is 5.77. The van der Waals surface area contributed by atoms with Crippen molar-refractivity contribution in [2.24, 2.45) is 10.8 Å². The van der Waals surface area contributed by atoms with Crippen molar-refractivity contribution < 1.29 is 0 Å². The number of anilines is 1. The van der Waals surface area contributed by atoms with E-state index in [1.54, 1.807) is 12.3 Å². The van der Waals surface area contributed by atoms with Gasteiger partial charge in [0, 0.05) is 11.9 Å². The number of nitrogens with two attached hydrogens (primary N) is 2. The minimum absolute atomic E-state index is 0.142. The highest BCUT2D eigenvalue weighted by molar-refractivity contribution is 7.80. The molecule has 78 valence electrons. The summed E-state index contributed by atoms with van der Waals surface area (Å²) in [6.07, 6.45) is 5.20. The Hall–Kier alpha value is -1.88. The van der Waals surface area contributed by atoms with Gasteiger partial charge in [0.05, 0.1) is 0 Å². The molecule has 0 atom stereocenters. The van der Waals surface area contributed by atoms with Crippen molar-refractivity contribution in [2.75, 3.05) is 5.73 Å². The predicted octanol–water partition coefficient (Wildman–Crippen LogP) is 1.10. The molecule has 0 fully saturated rings. The van der Waals surface area contributed by atoms with Crippen LogP contribution in [0, 0.1) is 0 Å². The van der Waals surface area contributed by atoms with Gasteiger partial charge in [-0.25, -0.2) is 0 Å². The zero-order valence-corrected chi connectivity index (χ0v) is 8.87. The Kier molecular flexibility index (Phi) is 4.30. The summed E-state index contributed by atoms with van der Waals surface area (Å²) < 4.78 is 0. The lowest BCUT2D eigenvalue weighted by Gasteiger charge is -1.94. The molecule has 0 saturated heterocycles. The van der Waals surface area contributed by atoms with Crippen LogP contribution < -0.4 is 16.9 Å². The number of rotatable bonds is 3. The molecule has 0 radical (unpaired) electrons. The van der Waals surface area contributed by atoms with Gasteiger partial charge in [0.15, 0.2) is 5.11 Å². The molecule has 15 heavy (non-hydrogen) atoms. The number of thiocarbonyl (C=S) groups is 1. The first-order valence-corrected chi connectivity index (χ1v) is 4.70. The maximum absolute atomic E-state index is 5.62. The van der Waals surface area contributed by atoms with Crippen LogP contribution >= 0.6 is 12.2 Å². The zero-order valence-electron chi connectivity index (χ0n) is 8.05. The van der Waals surface area contributed by atoms with E-state index in [-0.39, 0.29) is 5.11 Å². The molecule has 0 amide bonds. The number of nitrogen functional groups attached to an aromatic ring is 1. The van der Waals surface area contributed by atoms with E-state index < -0.39 is 0 Å². The van der Waals surface area contributed by atoms with Crippen LogP contribution in [0.3, 0.4) is 0 Å². The van der Waals surface area contributed by atoms with Crippen LogP contribution in [0.2, 0.25) is 0 Å². The molecule has 0 spiro atoms. The quantitative estimate of drug-likeness (QED) is 0.308. The van der Waals surface area contributed by atoms with Gasteiger partial charge in [-0.3, -0.25) is 5.43 Å². The minimum atomic E-state index is 0.142. The van der Waals surface area contributed by atoms with Crippen LogP contribution in [-0.2, 0) is 0 Å². The third-order valence-electron chi connectivity index (χ3n) is 1.53. The zero-order chi connectivity index (χ0) is 11.1. The van der Waals surface area contributed by atoms with Crippen molar-refractivity contribution >= 4 is 35.3 Å². The Bertz CT molecular complexity index is 398. The van der Waals surface area contributed by atoms with E-state index in [4.69, 9.17) is 11.5 Å². The van der Waals surface area contributed by atoms with Gasteiger partial charge in [-0.1, -0.05) is 18.2 Å². The minimum Gasteiger partial charge on any atom is -0.399 e. The summed E-state index contributed by atoms with van der Waals surface area (Å²) in [5.74, 6) is 0. The van der Waals surface area contributed by atoms with Gasteiger partial charge in [0.1, 0.15) is 0 Å². The lowest BCUT2D eigenvalue weighted by Crippen LogP contribution is -2.23. The number of hydrazone groups is 1. The first-order valence-electron chi connectivity index (χ1n) is 4.29. The molecule has 0 aliphatic carbocycles. The molecule has 1 rings (SSSR count). The van der Waals surface area contributed by atoms with E-state index in [1.165, 1.54) is 0 Å². The fourth-order valence-corrected chi connectivity index (χ4v) is 1.01. The molecule has 1 aromatic rings. The molecular weight excluding hydrogens is 208 g/mol. The SMILES string of the molecule is NC(=S)NN=CC=Cc1cccc(N)c1. The van der Waals surface area contributed by atoms with Crippen LogP contribution in [0.5, 0.6) is 0 Å². The number of nitrogens with zero attached hydrogens (tertiary/aromatic N) is 1. The van der Waals surface area contributed by atoms with Gasteiger partial charge in [0.25, 0.3) is 0 Å².